The fourth-order valence-corrected chi connectivity index (χ4v) is 5.12. The van der Waals surface area contributed by atoms with Gasteiger partial charge in [0.25, 0.3) is 0 Å². The van der Waals surface area contributed by atoms with Gasteiger partial charge in [0.2, 0.25) is 0 Å². The van der Waals surface area contributed by atoms with Crippen LogP contribution in [0.2, 0.25) is 0 Å². The van der Waals surface area contributed by atoms with Crippen LogP contribution in [-0.4, -0.2) is 44.5 Å². The van der Waals surface area contributed by atoms with Crippen molar-refractivity contribution in [2.45, 2.75) is 103 Å². The summed E-state index contributed by atoms with van der Waals surface area (Å²) in [7, 11) is 0. The Hall–Kier alpha value is -1.63. The standard InChI is InChI=1S/C22H36N4O2S/c1-3-15-25-16-19(21(27)28-4-2)20(24-25)23-22(29)26(17-11-7-5-8-12-17)18-13-9-6-10-14-18/h16-18H,3-15H2,1-2H3,(H,23,24,29). The Morgan fingerprint density at radius 1 is 1.14 bits per heavy atom. The molecular weight excluding hydrogens is 384 g/mol. The number of hydrogen-bond acceptors (Lipinski definition) is 4. The molecule has 0 spiro atoms. The van der Waals surface area contributed by atoms with Crippen molar-refractivity contribution in [3.8, 4) is 0 Å². The molecule has 1 heterocycles. The van der Waals surface area contributed by atoms with Crippen molar-refractivity contribution < 1.29 is 9.53 Å². The number of carbonyl (C=O) groups excluding carboxylic acids is 1. The van der Waals surface area contributed by atoms with E-state index in [0.717, 1.165) is 18.1 Å². The van der Waals surface area contributed by atoms with E-state index in [1.165, 1.54) is 64.2 Å². The summed E-state index contributed by atoms with van der Waals surface area (Å²) in [6.07, 6.45) is 15.3. The second-order valence-corrected chi connectivity index (χ2v) is 8.68. The van der Waals surface area contributed by atoms with Crippen LogP contribution in [0.25, 0.3) is 0 Å². The van der Waals surface area contributed by atoms with E-state index in [2.05, 4.69) is 22.2 Å². The molecule has 1 aromatic heterocycles. The van der Waals surface area contributed by atoms with Crippen LogP contribution in [0.1, 0.15) is 94.8 Å². The third-order valence-corrected chi connectivity index (χ3v) is 6.42. The molecule has 0 amide bonds. The monoisotopic (exact) mass is 420 g/mol. The van der Waals surface area contributed by atoms with Crippen molar-refractivity contribution >= 4 is 29.1 Å². The molecule has 0 saturated heterocycles. The largest absolute Gasteiger partial charge is 0.462 e. The van der Waals surface area contributed by atoms with Crippen LogP contribution in [0.5, 0.6) is 0 Å². The minimum Gasteiger partial charge on any atom is -0.462 e. The summed E-state index contributed by atoms with van der Waals surface area (Å²) in [6, 6.07) is 0.992. The normalized spacial score (nSPS) is 18.4. The van der Waals surface area contributed by atoms with Crippen molar-refractivity contribution in [3.05, 3.63) is 11.8 Å². The molecule has 2 fully saturated rings. The van der Waals surface area contributed by atoms with Gasteiger partial charge in [-0.15, -0.1) is 0 Å². The molecule has 0 unspecified atom stereocenters. The van der Waals surface area contributed by atoms with Gasteiger partial charge in [-0.3, -0.25) is 4.68 Å². The summed E-state index contributed by atoms with van der Waals surface area (Å²) < 4.78 is 7.05. The number of aryl methyl sites for hydroxylation is 1. The molecule has 0 aliphatic heterocycles. The van der Waals surface area contributed by atoms with Crippen LogP contribution in [0, 0.1) is 0 Å². The molecular formula is C22H36N4O2S. The van der Waals surface area contributed by atoms with E-state index < -0.39 is 0 Å². The fourth-order valence-electron chi connectivity index (χ4n) is 4.73. The molecule has 7 heteroatoms. The van der Waals surface area contributed by atoms with Crippen molar-refractivity contribution in [1.29, 1.82) is 0 Å². The lowest BCUT2D eigenvalue weighted by molar-refractivity contribution is 0.0527. The second kappa shape index (κ2) is 11.0. The van der Waals surface area contributed by atoms with E-state index in [9.17, 15) is 4.79 Å². The first-order chi connectivity index (χ1) is 14.1. The first kappa shape index (κ1) is 22.1. The number of anilines is 1. The Kier molecular flexibility index (Phi) is 8.33. The van der Waals surface area contributed by atoms with Gasteiger partial charge in [-0.1, -0.05) is 45.4 Å². The zero-order valence-electron chi connectivity index (χ0n) is 18.0. The Bertz CT molecular complexity index is 660. The number of hydrogen-bond donors (Lipinski definition) is 1. The maximum Gasteiger partial charge on any atom is 0.343 e. The first-order valence-electron chi connectivity index (χ1n) is 11.5. The average molecular weight is 421 g/mol. The summed E-state index contributed by atoms with van der Waals surface area (Å²) in [6.45, 7) is 5.02. The zero-order chi connectivity index (χ0) is 20.6. The highest BCUT2D eigenvalue weighted by Crippen LogP contribution is 2.31. The number of ether oxygens (including phenoxy) is 1. The predicted octanol–water partition coefficient (Wildman–Crippen LogP) is 5.13. The Morgan fingerprint density at radius 2 is 1.72 bits per heavy atom. The number of thiocarbonyl (C=S) groups is 1. The molecule has 29 heavy (non-hydrogen) atoms. The van der Waals surface area contributed by atoms with Crippen LogP contribution in [0.3, 0.4) is 0 Å². The Labute approximate surface area is 180 Å². The molecule has 2 saturated carbocycles. The van der Waals surface area contributed by atoms with Gasteiger partial charge in [-0.2, -0.15) is 5.10 Å². The molecule has 3 rings (SSSR count). The maximum absolute atomic E-state index is 12.5. The van der Waals surface area contributed by atoms with Crippen LogP contribution in [-0.2, 0) is 11.3 Å². The van der Waals surface area contributed by atoms with Gasteiger partial charge in [-0.05, 0) is 51.2 Å². The summed E-state index contributed by atoms with van der Waals surface area (Å²) in [5.74, 6) is 0.181. The lowest BCUT2D eigenvalue weighted by Crippen LogP contribution is -2.50. The minimum atomic E-state index is -0.345. The third-order valence-electron chi connectivity index (χ3n) is 6.11. The van der Waals surface area contributed by atoms with E-state index in [1.807, 2.05) is 11.6 Å². The average Bonchev–Trinajstić information content (AvgIpc) is 3.12. The lowest BCUT2D eigenvalue weighted by atomic mass is 9.89. The third kappa shape index (κ3) is 5.71. The maximum atomic E-state index is 12.5. The molecule has 2 aliphatic rings. The van der Waals surface area contributed by atoms with Crippen molar-refractivity contribution in [2.75, 3.05) is 11.9 Å². The second-order valence-electron chi connectivity index (χ2n) is 8.30. The van der Waals surface area contributed by atoms with Crippen molar-refractivity contribution in [3.63, 3.8) is 0 Å². The summed E-state index contributed by atoms with van der Waals surface area (Å²) in [5.41, 5.74) is 0.467. The number of aromatic nitrogens is 2. The topological polar surface area (TPSA) is 59.4 Å². The van der Waals surface area contributed by atoms with Crippen molar-refractivity contribution in [2.24, 2.45) is 0 Å². The van der Waals surface area contributed by atoms with E-state index >= 15 is 0 Å². The lowest BCUT2D eigenvalue weighted by Gasteiger charge is -2.43. The summed E-state index contributed by atoms with van der Waals surface area (Å²) >= 11 is 5.92. The molecule has 1 aromatic rings. The number of rotatable bonds is 7. The molecule has 1 N–H and O–H groups in total. The first-order valence-corrected chi connectivity index (χ1v) is 11.9. The van der Waals surface area contributed by atoms with E-state index in [-0.39, 0.29) is 5.97 Å². The molecule has 0 radical (unpaired) electrons. The molecule has 0 aromatic carbocycles. The van der Waals surface area contributed by atoms with Crippen LogP contribution in [0.4, 0.5) is 5.82 Å². The van der Waals surface area contributed by atoms with Gasteiger partial charge in [0.15, 0.2) is 10.9 Å². The fraction of sp³-hybridized carbons (Fsp3) is 0.773. The van der Waals surface area contributed by atoms with Gasteiger partial charge in [0.1, 0.15) is 5.56 Å². The molecule has 0 atom stereocenters. The smallest absolute Gasteiger partial charge is 0.343 e. The SMILES string of the molecule is CCCn1cc(C(=O)OCC)c(NC(=S)N(C2CCCCC2)C2CCCCC2)n1. The van der Waals surface area contributed by atoms with E-state index in [1.54, 1.807) is 6.20 Å². The number of nitrogens with zero attached hydrogens (tertiary/aromatic N) is 3. The molecule has 0 bridgehead atoms. The number of carbonyl (C=O) groups is 1. The predicted molar refractivity (Wildman–Crippen MR) is 120 cm³/mol. The molecule has 2 aliphatic carbocycles. The van der Waals surface area contributed by atoms with Crippen LogP contribution >= 0.6 is 12.2 Å². The summed E-state index contributed by atoms with van der Waals surface area (Å²) in [4.78, 5) is 14.9. The van der Waals surface area contributed by atoms with Gasteiger partial charge >= 0.3 is 5.97 Å². The van der Waals surface area contributed by atoms with Crippen molar-refractivity contribution in [1.82, 2.24) is 14.7 Å². The zero-order valence-corrected chi connectivity index (χ0v) is 18.8. The molecule has 162 valence electrons. The Balaban J connectivity index is 1.81. The highest BCUT2D eigenvalue weighted by atomic mass is 32.1. The van der Waals surface area contributed by atoms with E-state index in [0.29, 0.717) is 30.1 Å². The van der Waals surface area contributed by atoms with Gasteiger partial charge in [0, 0.05) is 24.8 Å². The number of esters is 1. The van der Waals surface area contributed by atoms with Gasteiger partial charge in [0.05, 0.1) is 6.61 Å². The summed E-state index contributed by atoms with van der Waals surface area (Å²) in [5, 5.41) is 8.67. The van der Waals surface area contributed by atoms with Gasteiger partial charge < -0.3 is 15.0 Å². The van der Waals surface area contributed by atoms with Crippen LogP contribution in [0.15, 0.2) is 6.20 Å². The minimum absolute atomic E-state index is 0.345. The highest BCUT2D eigenvalue weighted by molar-refractivity contribution is 7.80. The number of nitrogens with one attached hydrogen (secondary N) is 1. The Morgan fingerprint density at radius 3 is 2.24 bits per heavy atom. The highest BCUT2D eigenvalue weighted by Gasteiger charge is 2.31. The molecule has 6 nitrogen and oxygen atoms in total. The van der Waals surface area contributed by atoms with E-state index in [4.69, 9.17) is 17.0 Å². The van der Waals surface area contributed by atoms with Gasteiger partial charge in [-0.25, -0.2) is 4.79 Å². The van der Waals surface area contributed by atoms with Crippen LogP contribution < -0.4 is 5.32 Å². The quantitative estimate of drug-likeness (QED) is 0.487.